The van der Waals surface area contributed by atoms with Crippen LogP contribution in [0.15, 0.2) is 48.7 Å². The molecule has 2 aromatic carbocycles. The highest BCUT2D eigenvalue weighted by molar-refractivity contribution is 7.70. The number of carbonyl (C=O) groups excluding carboxylic acids is 3. The van der Waals surface area contributed by atoms with Crippen molar-refractivity contribution >= 4 is 58.7 Å². The van der Waals surface area contributed by atoms with Crippen LogP contribution >= 0.6 is 18.7 Å². The maximum Gasteiger partial charge on any atom is 0.490 e. The molecule has 2 amide bonds. The number of aliphatic hydroxyl groups is 1. The molecule has 50 heavy (non-hydrogen) atoms. The van der Waals surface area contributed by atoms with Gasteiger partial charge in [-0.25, -0.2) is 23.9 Å². The van der Waals surface area contributed by atoms with E-state index in [-0.39, 0.29) is 48.9 Å². The number of imidazole rings is 1. The fourth-order valence-electron chi connectivity index (χ4n) is 4.63. The summed E-state index contributed by atoms with van der Waals surface area (Å²) in [5.74, 6) is -1.83. The van der Waals surface area contributed by atoms with E-state index in [0.717, 1.165) is 27.7 Å². The number of esters is 1. The Morgan fingerprint density at radius 3 is 2.34 bits per heavy atom. The molecule has 4 aromatic rings. The van der Waals surface area contributed by atoms with Gasteiger partial charge in [0.2, 0.25) is 0 Å². The minimum Gasteiger partial charge on any atom is -0.484 e. The number of nitrogens with two attached hydrogens (primary N) is 1. The van der Waals surface area contributed by atoms with E-state index in [1.54, 1.807) is 25.5 Å². The van der Waals surface area contributed by atoms with Crippen LogP contribution in [0.1, 0.15) is 28.8 Å². The van der Waals surface area contributed by atoms with E-state index < -0.39 is 25.2 Å². The second-order valence-electron chi connectivity index (χ2n) is 10.9. The average Bonchev–Trinajstić information content (AvgIpc) is 3.37. The number of hydrogen-bond donors (Lipinski definition) is 4. The number of aliphatic hydroxyl groups excluding tert-OH is 1. The van der Waals surface area contributed by atoms with Gasteiger partial charge < -0.3 is 35.5 Å². The van der Waals surface area contributed by atoms with Gasteiger partial charge >= 0.3 is 12.1 Å². The number of alkyl halides is 3. The van der Waals surface area contributed by atoms with Crippen molar-refractivity contribution in [3.63, 3.8) is 0 Å². The zero-order chi connectivity index (χ0) is 37.2. The van der Waals surface area contributed by atoms with E-state index in [2.05, 4.69) is 25.3 Å². The second kappa shape index (κ2) is 17.3. The molecule has 0 fully saturated rings. The lowest BCUT2D eigenvalue weighted by molar-refractivity contribution is -0.676. The zero-order valence-corrected chi connectivity index (χ0v) is 29.2. The summed E-state index contributed by atoms with van der Waals surface area (Å²) in [6.07, 6.45) is -3.59. The maximum absolute atomic E-state index is 12.8. The molecule has 5 N–H and O–H groups in total. The van der Waals surface area contributed by atoms with E-state index in [0.29, 0.717) is 25.9 Å². The third kappa shape index (κ3) is 10.6. The normalized spacial score (nSPS) is 11.4. The number of ether oxygens (including phenoxy) is 2. The smallest absolute Gasteiger partial charge is 0.484 e. The number of nitrogen functional groups attached to an aromatic ring is 1. The third-order valence-electron chi connectivity index (χ3n) is 7.02. The van der Waals surface area contributed by atoms with Crippen LogP contribution in [0.5, 0.6) is 5.75 Å². The van der Waals surface area contributed by atoms with Crippen molar-refractivity contribution in [1.82, 2.24) is 25.2 Å². The van der Waals surface area contributed by atoms with Crippen LogP contribution in [-0.4, -0.2) is 77.3 Å². The Kier molecular flexibility index (Phi) is 13.7. The third-order valence-corrected chi connectivity index (χ3v) is 8.74. The van der Waals surface area contributed by atoms with Gasteiger partial charge in [0, 0.05) is 17.9 Å². The number of amides is 2. The van der Waals surface area contributed by atoms with Crippen LogP contribution in [0.25, 0.3) is 11.0 Å². The van der Waals surface area contributed by atoms with Gasteiger partial charge in [0.05, 0.1) is 26.5 Å². The highest BCUT2D eigenvalue weighted by Crippen LogP contribution is 2.34. The number of fused-ring (bicyclic) bond motifs is 1. The number of benzene rings is 2. The Hall–Kier alpha value is -4.73. The molecule has 0 saturated carbocycles. The van der Waals surface area contributed by atoms with Crippen molar-refractivity contribution in [1.29, 1.82) is 0 Å². The molecular weight excluding hydrogens is 706 g/mol. The molecule has 19 heteroatoms. The topological polar surface area (TPSA) is 192 Å². The number of halogens is 4. The lowest BCUT2D eigenvalue weighted by atomic mass is 10.2. The fraction of sp³-hybridized carbons (Fsp3) is 0.355. The zero-order valence-electron chi connectivity index (χ0n) is 27.6. The fourth-order valence-corrected chi connectivity index (χ4v) is 5.63. The Labute approximate surface area is 290 Å². The summed E-state index contributed by atoms with van der Waals surface area (Å²) in [7, 11) is -1.66. The Morgan fingerprint density at radius 2 is 1.78 bits per heavy atom. The first-order valence-corrected chi connectivity index (χ1v) is 17.9. The van der Waals surface area contributed by atoms with Gasteiger partial charge in [-0.1, -0.05) is 35.9 Å². The number of methoxy groups -OCH3 is 1. The number of aryl methyl sites for hydroxylation is 1. The van der Waals surface area contributed by atoms with E-state index in [4.69, 9.17) is 22.1 Å². The Balaban J connectivity index is 0.000000753. The number of nitrogens with zero attached hydrogens (tertiary/aromatic N) is 4. The molecule has 0 radical (unpaired) electrons. The van der Waals surface area contributed by atoms with Gasteiger partial charge in [0.1, 0.15) is 31.1 Å². The van der Waals surface area contributed by atoms with Crippen molar-refractivity contribution in [2.45, 2.75) is 39.3 Å². The highest BCUT2D eigenvalue weighted by atomic mass is 35.5. The van der Waals surface area contributed by atoms with Crippen LogP contribution in [0.3, 0.4) is 0 Å². The molecule has 14 nitrogen and oxygen atoms in total. The SMILES string of the molecule is CC[n+]1c(CNC(=O)c2nc(Cl)cnc2N)n(CCO)c2cc(OCC(=O)NCc3ccc(P(C)(C)=O)cc3)ccc21.COC(=O)C(F)(F)F. The molecule has 2 heterocycles. The summed E-state index contributed by atoms with van der Waals surface area (Å²) < 4.78 is 58.1. The van der Waals surface area contributed by atoms with Crippen LogP contribution in [0, 0.1) is 0 Å². The monoisotopic (exact) mass is 742 g/mol. The van der Waals surface area contributed by atoms with E-state index in [1.165, 1.54) is 6.20 Å². The van der Waals surface area contributed by atoms with Gasteiger partial charge in [0.15, 0.2) is 29.2 Å². The minimum atomic E-state index is -4.85. The molecule has 270 valence electrons. The quantitative estimate of drug-likeness (QED) is 0.0953. The van der Waals surface area contributed by atoms with Gasteiger partial charge in [0.25, 0.3) is 17.6 Å². The maximum atomic E-state index is 12.8. The first kappa shape index (κ1) is 39.7. The van der Waals surface area contributed by atoms with E-state index >= 15 is 0 Å². The van der Waals surface area contributed by atoms with Crippen LogP contribution in [-0.2, 0) is 45.1 Å². The lowest BCUT2D eigenvalue weighted by Gasteiger charge is -2.10. The number of aromatic nitrogens is 4. The molecule has 0 spiro atoms. The summed E-state index contributed by atoms with van der Waals surface area (Å²) in [5.41, 5.74) is 8.24. The minimum absolute atomic E-state index is 0.0376. The molecule has 4 rings (SSSR count). The van der Waals surface area contributed by atoms with Crippen LogP contribution in [0.4, 0.5) is 19.0 Å². The molecule has 0 aliphatic carbocycles. The highest BCUT2D eigenvalue weighted by Gasteiger charge is 2.40. The number of anilines is 1. The first-order valence-electron chi connectivity index (χ1n) is 14.9. The number of carbonyl (C=O) groups is 3. The molecule has 0 aliphatic heterocycles. The number of rotatable bonds is 12. The van der Waals surface area contributed by atoms with Gasteiger partial charge in [-0.3, -0.25) is 9.59 Å². The molecular formula is C31H37ClF3N7O7P+. The Bertz CT molecular complexity index is 1880. The molecule has 0 atom stereocenters. The second-order valence-corrected chi connectivity index (χ2v) is 14.5. The summed E-state index contributed by atoms with van der Waals surface area (Å²) >= 11 is 5.88. The molecule has 2 aromatic heterocycles. The molecule has 0 saturated heterocycles. The summed E-state index contributed by atoms with van der Waals surface area (Å²) in [5, 5.41) is 16.3. The van der Waals surface area contributed by atoms with E-state index in [1.807, 2.05) is 46.4 Å². The van der Waals surface area contributed by atoms with Crippen molar-refractivity contribution in [3.05, 3.63) is 70.9 Å². The van der Waals surface area contributed by atoms with Crippen molar-refractivity contribution < 1.29 is 51.3 Å². The first-order chi connectivity index (χ1) is 23.5. The number of hydrogen-bond acceptors (Lipinski definition) is 10. The summed E-state index contributed by atoms with van der Waals surface area (Å²) in [4.78, 5) is 42.6. The van der Waals surface area contributed by atoms with Gasteiger partial charge in [-0.15, -0.1) is 0 Å². The number of nitrogens with one attached hydrogen (secondary N) is 2. The van der Waals surface area contributed by atoms with Gasteiger partial charge in [-0.2, -0.15) is 13.2 Å². The summed E-state index contributed by atoms with van der Waals surface area (Å²) in [6.45, 7) is 6.37. The standard InChI is InChI=1S/C28H33ClN7O5P.C3H3F3O2/c1-4-35-21-10-7-19(41-17-24(38)31-14-18-5-8-20(9-6-18)42(2,3)40)13-22(21)36(11-12-37)25(35)16-33-28(39)26-27(30)32-15-23(29)34-26;1-8-2(7)3(4,5)6/h5-10,13,15,37H,4,11-12,14,16-17H2,1-3H3,(H3-,30,31,32,33,38,39);1H3/p+1. The summed E-state index contributed by atoms with van der Waals surface area (Å²) in [6, 6.07) is 12.8. The average molecular weight is 743 g/mol. The molecule has 0 bridgehead atoms. The van der Waals surface area contributed by atoms with E-state index in [9.17, 15) is 37.2 Å². The predicted octanol–water partition coefficient (Wildman–Crippen LogP) is 2.56. The van der Waals surface area contributed by atoms with Gasteiger partial charge in [-0.05, 0) is 37.9 Å². The lowest BCUT2D eigenvalue weighted by Crippen LogP contribution is -2.40. The Morgan fingerprint density at radius 1 is 1.10 bits per heavy atom. The largest absolute Gasteiger partial charge is 0.490 e. The van der Waals surface area contributed by atoms with Crippen molar-refractivity contribution in [2.24, 2.45) is 0 Å². The van der Waals surface area contributed by atoms with Crippen LogP contribution < -0.4 is 31.0 Å². The van der Waals surface area contributed by atoms with Crippen molar-refractivity contribution in [2.75, 3.05) is 39.4 Å². The predicted molar refractivity (Wildman–Crippen MR) is 178 cm³/mol. The molecule has 0 unspecified atom stereocenters. The van der Waals surface area contributed by atoms with Crippen LogP contribution in [0.2, 0.25) is 5.15 Å². The van der Waals surface area contributed by atoms with Crippen molar-refractivity contribution in [3.8, 4) is 5.75 Å². The molecule has 0 aliphatic rings.